The van der Waals surface area contributed by atoms with E-state index in [4.69, 9.17) is 4.74 Å². The first-order valence-electron chi connectivity index (χ1n) is 6.42. The summed E-state index contributed by atoms with van der Waals surface area (Å²) in [6.07, 6.45) is 1.59. The van der Waals surface area contributed by atoms with Crippen LogP contribution in [0.25, 0.3) is 0 Å². The molecule has 0 aliphatic carbocycles. The smallest absolute Gasteiger partial charge is 0.120 e. The summed E-state index contributed by atoms with van der Waals surface area (Å²) in [4.78, 5) is 10.7. The lowest BCUT2D eigenvalue weighted by molar-refractivity contribution is -0.108. The summed E-state index contributed by atoms with van der Waals surface area (Å²) in [7, 11) is -1.57. The Morgan fingerprint density at radius 3 is 2.72 bits per heavy atom. The molecule has 0 spiro atoms. The van der Waals surface area contributed by atoms with Crippen LogP contribution in [0.1, 0.15) is 6.42 Å². The van der Waals surface area contributed by atoms with E-state index >= 15 is 0 Å². The molecule has 1 atom stereocenters. The molecule has 1 aromatic rings. The van der Waals surface area contributed by atoms with Crippen LogP contribution in [0.15, 0.2) is 41.6 Å². The van der Waals surface area contributed by atoms with Crippen molar-refractivity contribution >= 4 is 19.5 Å². The third-order valence-corrected chi connectivity index (χ3v) is 6.47. The van der Waals surface area contributed by atoms with E-state index < -0.39 is 8.07 Å². The highest BCUT2D eigenvalue weighted by molar-refractivity contribution is 6.94. The molecule has 1 aromatic carbocycles. The number of aldehydes is 1. The van der Waals surface area contributed by atoms with Crippen molar-refractivity contribution in [2.24, 2.45) is 5.92 Å². The molecular weight excluding hydrogens is 240 g/mol. The molecule has 0 saturated carbocycles. The fourth-order valence-electron chi connectivity index (χ4n) is 2.45. The number of hydrogen-bond donors (Lipinski definition) is 0. The van der Waals surface area contributed by atoms with E-state index in [9.17, 15) is 4.79 Å². The van der Waals surface area contributed by atoms with Crippen LogP contribution >= 0.6 is 0 Å². The van der Waals surface area contributed by atoms with Crippen molar-refractivity contribution in [3.05, 3.63) is 41.6 Å². The van der Waals surface area contributed by atoms with Gasteiger partial charge in [-0.05, 0) is 5.57 Å². The minimum atomic E-state index is -1.57. The normalized spacial score (nSPS) is 22.3. The molecule has 3 heteroatoms. The number of rotatable bonds is 4. The molecule has 1 aliphatic rings. The maximum atomic E-state index is 10.7. The summed E-state index contributed by atoms with van der Waals surface area (Å²) < 4.78 is 5.50. The van der Waals surface area contributed by atoms with Gasteiger partial charge in [-0.25, -0.2) is 0 Å². The predicted octanol–water partition coefficient (Wildman–Crippen LogP) is 2.30. The zero-order valence-electron chi connectivity index (χ0n) is 11.1. The summed E-state index contributed by atoms with van der Waals surface area (Å²) in [5, 5.41) is 1.43. The lowest BCUT2D eigenvalue weighted by Gasteiger charge is -2.20. The Morgan fingerprint density at radius 1 is 1.33 bits per heavy atom. The van der Waals surface area contributed by atoms with Gasteiger partial charge < -0.3 is 9.53 Å². The Labute approximate surface area is 110 Å². The zero-order valence-corrected chi connectivity index (χ0v) is 12.1. The first kappa shape index (κ1) is 13.2. The van der Waals surface area contributed by atoms with Gasteiger partial charge >= 0.3 is 0 Å². The van der Waals surface area contributed by atoms with E-state index in [0.29, 0.717) is 25.6 Å². The standard InChI is InChI=1S/C15H20O2Si/c1-18(2,15-6-4-3-5-7-15)12-14-11-17-10-13(14)8-9-16/h3-7,9,12-13H,8,10-11H2,1-2H3/b14-12+. The average Bonchev–Trinajstić information content (AvgIpc) is 2.78. The topological polar surface area (TPSA) is 26.3 Å². The van der Waals surface area contributed by atoms with Gasteiger partial charge in [0.2, 0.25) is 0 Å². The van der Waals surface area contributed by atoms with Crippen LogP contribution in [0.5, 0.6) is 0 Å². The number of carbonyl (C=O) groups is 1. The first-order chi connectivity index (χ1) is 8.63. The lowest BCUT2D eigenvalue weighted by atomic mass is 10.0. The molecule has 18 heavy (non-hydrogen) atoms. The van der Waals surface area contributed by atoms with Crippen molar-refractivity contribution in [1.82, 2.24) is 0 Å². The fraction of sp³-hybridized carbons (Fsp3) is 0.400. The van der Waals surface area contributed by atoms with E-state index in [-0.39, 0.29) is 0 Å². The summed E-state index contributed by atoms with van der Waals surface area (Å²) in [6, 6.07) is 10.6. The molecule has 1 unspecified atom stereocenters. The van der Waals surface area contributed by atoms with Gasteiger partial charge in [0, 0.05) is 12.3 Å². The van der Waals surface area contributed by atoms with Gasteiger partial charge in [-0.2, -0.15) is 0 Å². The summed E-state index contributed by atoms with van der Waals surface area (Å²) in [5.74, 6) is 0.304. The summed E-state index contributed by atoms with van der Waals surface area (Å²) >= 11 is 0. The summed E-state index contributed by atoms with van der Waals surface area (Å²) in [5.41, 5.74) is 3.73. The minimum absolute atomic E-state index is 0.304. The Bertz CT molecular complexity index is 437. The highest BCUT2D eigenvalue weighted by Gasteiger charge is 2.27. The molecule has 2 rings (SSSR count). The van der Waals surface area contributed by atoms with Crippen molar-refractivity contribution in [1.29, 1.82) is 0 Å². The largest absolute Gasteiger partial charge is 0.376 e. The molecule has 0 N–H and O–H groups in total. The molecule has 0 bridgehead atoms. The average molecular weight is 260 g/mol. The van der Waals surface area contributed by atoms with Crippen molar-refractivity contribution in [2.75, 3.05) is 13.2 Å². The molecule has 0 amide bonds. The predicted molar refractivity (Wildman–Crippen MR) is 76.6 cm³/mol. The molecule has 1 fully saturated rings. The number of carbonyl (C=O) groups excluding carboxylic acids is 1. The molecule has 96 valence electrons. The molecule has 1 aliphatic heterocycles. The van der Waals surface area contributed by atoms with Gasteiger partial charge in [-0.1, -0.05) is 54.3 Å². The second-order valence-corrected chi connectivity index (χ2v) is 9.73. The van der Waals surface area contributed by atoms with E-state index in [0.717, 1.165) is 6.29 Å². The molecule has 0 radical (unpaired) electrons. The monoisotopic (exact) mass is 260 g/mol. The number of benzene rings is 1. The van der Waals surface area contributed by atoms with Crippen LogP contribution in [-0.4, -0.2) is 27.6 Å². The van der Waals surface area contributed by atoms with Gasteiger partial charge in [-0.15, -0.1) is 0 Å². The lowest BCUT2D eigenvalue weighted by Crippen LogP contribution is -2.40. The third kappa shape index (κ3) is 2.97. The highest BCUT2D eigenvalue weighted by Crippen LogP contribution is 2.24. The Kier molecular flexibility index (Phi) is 4.14. The molecule has 2 nitrogen and oxygen atoms in total. The van der Waals surface area contributed by atoms with E-state index in [1.807, 2.05) is 0 Å². The number of ether oxygens (including phenoxy) is 1. The van der Waals surface area contributed by atoms with Crippen molar-refractivity contribution in [3.63, 3.8) is 0 Å². The van der Waals surface area contributed by atoms with E-state index in [1.54, 1.807) is 0 Å². The molecule has 1 heterocycles. The Hall–Kier alpha value is -1.19. The molecule has 0 aromatic heterocycles. The Morgan fingerprint density at radius 2 is 2.06 bits per heavy atom. The van der Waals surface area contributed by atoms with Crippen LogP contribution < -0.4 is 5.19 Å². The zero-order chi connectivity index (χ0) is 13.0. The maximum absolute atomic E-state index is 10.7. The third-order valence-electron chi connectivity index (χ3n) is 3.56. The van der Waals surface area contributed by atoms with Crippen LogP contribution in [0.3, 0.4) is 0 Å². The first-order valence-corrected chi connectivity index (χ1v) is 9.50. The van der Waals surface area contributed by atoms with Crippen LogP contribution in [0, 0.1) is 5.92 Å². The van der Waals surface area contributed by atoms with Crippen molar-refractivity contribution in [3.8, 4) is 0 Å². The van der Waals surface area contributed by atoms with Gasteiger partial charge in [0.25, 0.3) is 0 Å². The summed E-state index contributed by atoms with van der Waals surface area (Å²) in [6.45, 7) is 6.07. The highest BCUT2D eigenvalue weighted by atomic mass is 28.3. The SMILES string of the molecule is C[Si](C)(/C=C1\COCC1CC=O)c1ccccc1. The van der Waals surface area contributed by atoms with Crippen LogP contribution in [-0.2, 0) is 9.53 Å². The fourth-order valence-corrected chi connectivity index (χ4v) is 4.92. The maximum Gasteiger partial charge on any atom is 0.120 e. The van der Waals surface area contributed by atoms with Crippen LogP contribution in [0.4, 0.5) is 0 Å². The second kappa shape index (κ2) is 5.63. The Balaban J connectivity index is 2.23. The van der Waals surface area contributed by atoms with Crippen molar-refractivity contribution < 1.29 is 9.53 Å². The van der Waals surface area contributed by atoms with Gasteiger partial charge in [-0.3, -0.25) is 0 Å². The number of hydrogen-bond acceptors (Lipinski definition) is 2. The van der Waals surface area contributed by atoms with Gasteiger partial charge in [0.1, 0.15) is 14.4 Å². The second-order valence-electron chi connectivity index (χ2n) is 5.42. The van der Waals surface area contributed by atoms with E-state index in [1.165, 1.54) is 10.8 Å². The van der Waals surface area contributed by atoms with Gasteiger partial charge in [0.15, 0.2) is 0 Å². The van der Waals surface area contributed by atoms with Crippen LogP contribution in [0.2, 0.25) is 13.1 Å². The quantitative estimate of drug-likeness (QED) is 0.613. The van der Waals surface area contributed by atoms with Gasteiger partial charge in [0.05, 0.1) is 13.2 Å². The molecule has 1 saturated heterocycles. The minimum Gasteiger partial charge on any atom is -0.376 e. The molecular formula is C15H20O2Si. The van der Waals surface area contributed by atoms with E-state index in [2.05, 4.69) is 49.1 Å². The van der Waals surface area contributed by atoms with Crippen molar-refractivity contribution in [2.45, 2.75) is 19.5 Å².